The van der Waals surface area contributed by atoms with E-state index in [9.17, 15) is 27.9 Å². The topological polar surface area (TPSA) is 172 Å². The van der Waals surface area contributed by atoms with Gasteiger partial charge in [-0.1, -0.05) is 37.3 Å². The zero-order valence-electron chi connectivity index (χ0n) is 23.8. The van der Waals surface area contributed by atoms with Crippen LogP contribution < -0.4 is 15.8 Å². The molecule has 1 aliphatic carbocycles. The lowest BCUT2D eigenvalue weighted by atomic mass is 9.98. The number of piperidine rings is 1. The van der Waals surface area contributed by atoms with Crippen molar-refractivity contribution in [3.05, 3.63) is 47.1 Å². The largest absolute Gasteiger partial charge is 0.389 e. The van der Waals surface area contributed by atoms with Crippen molar-refractivity contribution in [1.82, 2.24) is 19.9 Å². The highest BCUT2D eigenvalue weighted by molar-refractivity contribution is 7.89. The number of benzene rings is 2. The minimum atomic E-state index is -4.13. The molecule has 0 bridgehead atoms. The number of rotatable bonds is 9. The molecular weight excluding hydrogens is 578 g/mol. The number of carbonyl (C=O) groups excluding carboxylic acids is 3. The molecule has 3 aromatic rings. The number of aromatic nitrogens is 1. The number of nitrogens with zero attached hydrogens (tertiary/aromatic N) is 2. The summed E-state index contributed by atoms with van der Waals surface area (Å²) in [6.45, 7) is 6.41. The number of amides is 3. The summed E-state index contributed by atoms with van der Waals surface area (Å²) in [5.41, 5.74) is 3.70. The monoisotopic (exact) mass is 613 g/mol. The molecule has 13 heteroatoms. The Labute approximate surface area is 248 Å². The van der Waals surface area contributed by atoms with E-state index in [1.807, 2.05) is 0 Å². The van der Waals surface area contributed by atoms with Crippen molar-refractivity contribution < 1.29 is 27.9 Å². The number of hydrogen-bond acceptors (Lipinski definition) is 8. The van der Waals surface area contributed by atoms with Gasteiger partial charge in [0.15, 0.2) is 5.01 Å². The SMILES string of the molecule is CC1CCN(C(=O)c2nc(C(=O)NCC(C)(C)O)sc2-c2ccc(S(=O)(=O)NC3(C(N)=O)CC3)c3ccccc23)CC1. The molecule has 0 unspecified atom stereocenters. The van der Waals surface area contributed by atoms with Gasteiger partial charge >= 0.3 is 0 Å². The van der Waals surface area contributed by atoms with Gasteiger partial charge in [-0.25, -0.2) is 13.4 Å². The van der Waals surface area contributed by atoms with Crippen molar-refractivity contribution in [2.45, 2.75) is 62.5 Å². The van der Waals surface area contributed by atoms with E-state index in [4.69, 9.17) is 5.73 Å². The van der Waals surface area contributed by atoms with Crippen LogP contribution in [0.3, 0.4) is 0 Å². The fraction of sp³-hybridized carbons (Fsp3) is 0.448. The third-order valence-corrected chi connectivity index (χ3v) is 10.4. The van der Waals surface area contributed by atoms with Crippen LogP contribution in [-0.4, -0.2) is 71.9 Å². The molecule has 2 heterocycles. The molecular formula is C29H35N5O6S2. The highest BCUT2D eigenvalue weighted by Crippen LogP contribution is 2.41. The zero-order chi connectivity index (χ0) is 30.4. The van der Waals surface area contributed by atoms with E-state index in [-0.39, 0.29) is 28.0 Å². The Morgan fingerprint density at radius 3 is 2.36 bits per heavy atom. The summed E-state index contributed by atoms with van der Waals surface area (Å²) >= 11 is 1.04. The summed E-state index contributed by atoms with van der Waals surface area (Å²) < 4.78 is 29.4. The van der Waals surface area contributed by atoms with Crippen molar-refractivity contribution in [2.75, 3.05) is 19.6 Å². The van der Waals surface area contributed by atoms with E-state index >= 15 is 0 Å². The van der Waals surface area contributed by atoms with Crippen LogP contribution in [0.5, 0.6) is 0 Å². The van der Waals surface area contributed by atoms with Crippen LogP contribution in [0.2, 0.25) is 0 Å². The maximum absolute atomic E-state index is 13.8. The number of aliphatic hydroxyl groups is 1. The molecule has 5 N–H and O–H groups in total. The van der Waals surface area contributed by atoms with Crippen LogP contribution in [0.1, 0.15) is 66.7 Å². The lowest BCUT2D eigenvalue weighted by molar-refractivity contribution is -0.120. The van der Waals surface area contributed by atoms with E-state index in [2.05, 4.69) is 21.9 Å². The van der Waals surface area contributed by atoms with Gasteiger partial charge in [-0.2, -0.15) is 4.72 Å². The molecule has 2 aromatic carbocycles. The van der Waals surface area contributed by atoms with Gasteiger partial charge in [0.1, 0.15) is 11.2 Å². The molecule has 2 fully saturated rings. The Bertz CT molecular complexity index is 1670. The average molecular weight is 614 g/mol. The molecule has 3 amide bonds. The predicted molar refractivity (Wildman–Crippen MR) is 159 cm³/mol. The molecule has 0 spiro atoms. The highest BCUT2D eigenvalue weighted by Gasteiger charge is 2.51. The molecule has 11 nitrogen and oxygen atoms in total. The number of primary amides is 1. The van der Waals surface area contributed by atoms with E-state index in [0.29, 0.717) is 53.1 Å². The Balaban J connectivity index is 1.60. The van der Waals surface area contributed by atoms with Crippen molar-refractivity contribution in [2.24, 2.45) is 11.7 Å². The van der Waals surface area contributed by atoms with Crippen molar-refractivity contribution >= 4 is 49.9 Å². The second kappa shape index (κ2) is 11.0. The fourth-order valence-corrected chi connectivity index (χ4v) is 7.67. The third-order valence-electron chi connectivity index (χ3n) is 7.75. The lowest BCUT2D eigenvalue weighted by Crippen LogP contribution is -2.46. The summed E-state index contributed by atoms with van der Waals surface area (Å²) in [6, 6.07) is 9.89. The van der Waals surface area contributed by atoms with Crippen LogP contribution in [0, 0.1) is 5.92 Å². The summed E-state index contributed by atoms with van der Waals surface area (Å²) in [5, 5.41) is 13.7. The average Bonchev–Trinajstić information content (AvgIpc) is 3.58. The van der Waals surface area contributed by atoms with Crippen LogP contribution >= 0.6 is 11.3 Å². The van der Waals surface area contributed by atoms with E-state index < -0.39 is 33.0 Å². The van der Waals surface area contributed by atoms with Gasteiger partial charge in [-0.15, -0.1) is 11.3 Å². The van der Waals surface area contributed by atoms with Crippen LogP contribution in [0.15, 0.2) is 41.3 Å². The number of nitrogens with two attached hydrogens (primary N) is 1. The lowest BCUT2D eigenvalue weighted by Gasteiger charge is -2.30. The molecule has 0 radical (unpaired) electrons. The maximum Gasteiger partial charge on any atom is 0.280 e. The molecule has 224 valence electrons. The van der Waals surface area contributed by atoms with Crippen LogP contribution in [0.25, 0.3) is 21.2 Å². The Kier molecular flexibility index (Phi) is 7.90. The van der Waals surface area contributed by atoms with Gasteiger partial charge < -0.3 is 21.1 Å². The summed E-state index contributed by atoms with van der Waals surface area (Å²) in [6.07, 6.45) is 2.38. The second-order valence-electron chi connectivity index (χ2n) is 11.9. The molecule has 0 atom stereocenters. The van der Waals surface area contributed by atoms with Gasteiger partial charge in [0.2, 0.25) is 15.9 Å². The van der Waals surface area contributed by atoms with Gasteiger partial charge in [0, 0.05) is 30.6 Å². The van der Waals surface area contributed by atoms with Gasteiger partial charge in [-0.3, -0.25) is 14.4 Å². The van der Waals surface area contributed by atoms with Crippen molar-refractivity contribution in [3.63, 3.8) is 0 Å². The van der Waals surface area contributed by atoms with Crippen LogP contribution in [0.4, 0.5) is 0 Å². The number of likely N-dealkylation sites (tertiary alicyclic amines) is 1. The summed E-state index contributed by atoms with van der Waals surface area (Å²) in [7, 11) is -4.13. The number of carbonyl (C=O) groups is 3. The first-order chi connectivity index (χ1) is 19.7. The molecule has 1 saturated heterocycles. The van der Waals surface area contributed by atoms with E-state index in [1.54, 1.807) is 49.1 Å². The standard InChI is InChI=1S/C29H35N5O6S2/c1-17-10-14-34(15-11-17)26(36)22-23(41-25(32-22)24(35)31-16-28(2,3)38)20-8-9-21(19-7-5-4-6-18(19)20)42(39,40)33-29(12-13-29)27(30)37/h4-9,17,33,38H,10-16H2,1-3H3,(H2,30,37)(H,31,35). The van der Waals surface area contributed by atoms with Gasteiger partial charge in [-0.05, 0) is 56.9 Å². The highest BCUT2D eigenvalue weighted by atomic mass is 32.2. The maximum atomic E-state index is 13.8. The fourth-order valence-electron chi connectivity index (χ4n) is 5.02. The third kappa shape index (κ3) is 6.05. The number of sulfonamides is 1. The smallest absolute Gasteiger partial charge is 0.280 e. The van der Waals surface area contributed by atoms with Crippen LogP contribution in [-0.2, 0) is 14.8 Å². The van der Waals surface area contributed by atoms with E-state index in [1.165, 1.54) is 6.07 Å². The molecule has 1 saturated carbocycles. The Hall–Kier alpha value is -3.39. The molecule has 2 aliphatic rings. The first-order valence-electron chi connectivity index (χ1n) is 13.9. The minimum Gasteiger partial charge on any atom is -0.389 e. The quantitative estimate of drug-likeness (QED) is 0.287. The Morgan fingerprint density at radius 1 is 1.12 bits per heavy atom. The summed E-state index contributed by atoms with van der Waals surface area (Å²) in [4.78, 5) is 45.4. The molecule has 42 heavy (non-hydrogen) atoms. The van der Waals surface area contributed by atoms with Crippen molar-refractivity contribution in [3.8, 4) is 10.4 Å². The first kappa shape index (κ1) is 30.1. The molecule has 1 aromatic heterocycles. The van der Waals surface area contributed by atoms with E-state index in [0.717, 1.165) is 24.2 Å². The number of nitrogens with one attached hydrogen (secondary N) is 2. The summed E-state index contributed by atoms with van der Waals surface area (Å²) in [5.74, 6) is -1.04. The molecule has 5 rings (SSSR count). The zero-order valence-corrected chi connectivity index (χ0v) is 25.4. The minimum absolute atomic E-state index is 0.0106. The normalized spacial score (nSPS) is 17.3. The van der Waals surface area contributed by atoms with Crippen molar-refractivity contribution in [1.29, 1.82) is 0 Å². The predicted octanol–water partition coefficient (Wildman–Crippen LogP) is 2.63. The van der Waals surface area contributed by atoms with Gasteiger partial charge in [0.25, 0.3) is 11.8 Å². The molecule has 1 aliphatic heterocycles. The Morgan fingerprint density at radius 2 is 1.76 bits per heavy atom. The number of thiazole rings is 1. The number of hydrogen-bond donors (Lipinski definition) is 4. The second-order valence-corrected chi connectivity index (χ2v) is 14.5. The first-order valence-corrected chi connectivity index (χ1v) is 16.2. The number of fused-ring (bicyclic) bond motifs is 1. The van der Waals surface area contributed by atoms with Gasteiger partial charge in [0.05, 0.1) is 15.4 Å².